The van der Waals surface area contributed by atoms with E-state index in [1.807, 2.05) is 0 Å². The highest BCUT2D eigenvalue weighted by Crippen LogP contribution is 2.24. The monoisotopic (exact) mass is 247 g/mol. The van der Waals surface area contributed by atoms with Crippen LogP contribution in [0.25, 0.3) is 22.6 Å². The maximum Gasteiger partial charge on any atom is 0.183 e. The zero-order chi connectivity index (χ0) is 12.7. The summed E-state index contributed by atoms with van der Waals surface area (Å²) in [5.41, 5.74) is 6.35. The van der Waals surface area contributed by atoms with Gasteiger partial charge in [-0.15, -0.1) is 0 Å². The van der Waals surface area contributed by atoms with Gasteiger partial charge in [-0.05, 0) is 18.2 Å². The van der Waals surface area contributed by atoms with Crippen LogP contribution in [0.3, 0.4) is 0 Å². The molecule has 0 radical (unpaired) electrons. The molecule has 90 valence electrons. The number of fused-ring (bicyclic) bond motifs is 1. The van der Waals surface area contributed by atoms with E-state index in [0.29, 0.717) is 11.2 Å². The molecule has 18 heavy (non-hydrogen) atoms. The number of aromatic nitrogens is 4. The number of H-pyrrole nitrogens is 1. The number of hydrogen-bond donors (Lipinski definition) is 2. The molecule has 0 spiro atoms. The van der Waals surface area contributed by atoms with Crippen LogP contribution in [0.1, 0.15) is 0 Å². The molecule has 3 N–H and O–H groups in total. The van der Waals surface area contributed by atoms with Crippen LogP contribution in [0.15, 0.2) is 24.5 Å². The molecule has 3 rings (SSSR count). The number of nitrogen functional groups attached to an aromatic ring is 1. The number of anilines is 1. The third-order valence-corrected chi connectivity index (χ3v) is 2.50. The molecule has 0 atom stereocenters. The van der Waals surface area contributed by atoms with Crippen molar-refractivity contribution in [1.29, 1.82) is 0 Å². The highest BCUT2D eigenvalue weighted by Gasteiger charge is 2.13. The number of rotatable bonds is 1. The Morgan fingerprint density at radius 2 is 2.00 bits per heavy atom. The number of benzene rings is 1. The van der Waals surface area contributed by atoms with Gasteiger partial charge in [-0.25, -0.2) is 23.7 Å². The van der Waals surface area contributed by atoms with Crippen LogP contribution in [0.4, 0.5) is 14.6 Å². The molecule has 7 heteroatoms. The second-order valence-corrected chi connectivity index (χ2v) is 3.67. The summed E-state index contributed by atoms with van der Waals surface area (Å²) >= 11 is 0. The minimum Gasteiger partial charge on any atom is -0.382 e. The molecule has 2 aromatic heterocycles. The van der Waals surface area contributed by atoms with Gasteiger partial charge in [0.1, 0.15) is 29.3 Å². The average molecular weight is 247 g/mol. The molecule has 0 aliphatic carbocycles. The Balaban J connectivity index is 2.26. The van der Waals surface area contributed by atoms with Gasteiger partial charge in [-0.2, -0.15) is 0 Å². The van der Waals surface area contributed by atoms with E-state index in [9.17, 15) is 8.78 Å². The Bertz CT molecular complexity index is 737. The van der Waals surface area contributed by atoms with Crippen molar-refractivity contribution in [2.45, 2.75) is 0 Å². The largest absolute Gasteiger partial charge is 0.382 e. The second kappa shape index (κ2) is 3.73. The van der Waals surface area contributed by atoms with Crippen molar-refractivity contribution in [3.05, 3.63) is 36.2 Å². The fraction of sp³-hybridized carbons (Fsp3) is 0. The van der Waals surface area contributed by atoms with E-state index in [4.69, 9.17) is 5.73 Å². The predicted molar refractivity (Wildman–Crippen MR) is 61.4 cm³/mol. The van der Waals surface area contributed by atoms with Crippen LogP contribution in [0.5, 0.6) is 0 Å². The van der Waals surface area contributed by atoms with Gasteiger partial charge in [0.25, 0.3) is 0 Å². The Morgan fingerprint density at radius 1 is 1.17 bits per heavy atom. The summed E-state index contributed by atoms with van der Waals surface area (Å²) in [6.07, 6.45) is 1.25. The molecule has 0 aliphatic heterocycles. The summed E-state index contributed by atoms with van der Waals surface area (Å²) in [7, 11) is 0. The van der Waals surface area contributed by atoms with Crippen LogP contribution in [0.2, 0.25) is 0 Å². The Kier molecular flexibility index (Phi) is 2.19. The minimum atomic E-state index is -0.581. The standard InChI is InChI=1S/C11H7F2N5/c12-5-1-2-7(13)6(3-5)10-17-8-9(14)15-4-16-11(8)18-10/h1-4H,(H3,14,15,16,17,18). The van der Waals surface area contributed by atoms with Gasteiger partial charge >= 0.3 is 0 Å². The molecule has 0 unspecified atom stereocenters. The van der Waals surface area contributed by atoms with Crippen molar-refractivity contribution in [3.63, 3.8) is 0 Å². The third kappa shape index (κ3) is 1.56. The summed E-state index contributed by atoms with van der Waals surface area (Å²) in [4.78, 5) is 14.5. The smallest absolute Gasteiger partial charge is 0.183 e. The normalized spacial score (nSPS) is 11.0. The first kappa shape index (κ1) is 10.6. The first-order chi connectivity index (χ1) is 8.65. The summed E-state index contributed by atoms with van der Waals surface area (Å²) in [5.74, 6) is -0.766. The molecule has 0 amide bonds. The van der Waals surface area contributed by atoms with Crippen molar-refractivity contribution < 1.29 is 8.78 Å². The minimum absolute atomic E-state index is 0.0207. The molecular weight excluding hydrogens is 240 g/mol. The topological polar surface area (TPSA) is 80.5 Å². The number of nitrogens with zero attached hydrogens (tertiary/aromatic N) is 3. The Labute approximate surface area is 99.7 Å². The number of halogens is 2. The number of aromatic amines is 1. The van der Waals surface area contributed by atoms with Crippen LogP contribution < -0.4 is 5.73 Å². The first-order valence-electron chi connectivity index (χ1n) is 5.07. The zero-order valence-corrected chi connectivity index (χ0v) is 8.98. The van der Waals surface area contributed by atoms with Gasteiger partial charge in [0.05, 0.1) is 5.56 Å². The number of imidazole rings is 1. The lowest BCUT2D eigenvalue weighted by atomic mass is 10.2. The number of nitrogens with two attached hydrogens (primary N) is 1. The van der Waals surface area contributed by atoms with Crippen molar-refractivity contribution in [2.24, 2.45) is 0 Å². The van der Waals surface area contributed by atoms with E-state index in [1.54, 1.807) is 0 Å². The highest BCUT2D eigenvalue weighted by molar-refractivity contribution is 5.84. The number of hydrogen-bond acceptors (Lipinski definition) is 4. The molecule has 0 aliphatic rings. The Morgan fingerprint density at radius 3 is 2.78 bits per heavy atom. The van der Waals surface area contributed by atoms with E-state index >= 15 is 0 Å². The molecule has 0 fully saturated rings. The van der Waals surface area contributed by atoms with E-state index in [1.165, 1.54) is 6.33 Å². The van der Waals surface area contributed by atoms with Crippen molar-refractivity contribution in [1.82, 2.24) is 19.9 Å². The van der Waals surface area contributed by atoms with Crippen LogP contribution in [-0.4, -0.2) is 19.9 Å². The van der Waals surface area contributed by atoms with E-state index in [-0.39, 0.29) is 17.2 Å². The molecule has 2 heterocycles. The quantitative estimate of drug-likeness (QED) is 0.688. The summed E-state index contributed by atoms with van der Waals surface area (Å²) in [5, 5.41) is 0. The van der Waals surface area contributed by atoms with Crippen LogP contribution in [0, 0.1) is 11.6 Å². The van der Waals surface area contributed by atoms with E-state index < -0.39 is 11.6 Å². The van der Waals surface area contributed by atoms with Gasteiger partial charge in [-0.3, -0.25) is 0 Å². The Hall–Kier alpha value is -2.57. The fourth-order valence-corrected chi connectivity index (χ4v) is 1.65. The van der Waals surface area contributed by atoms with Crippen LogP contribution >= 0.6 is 0 Å². The molecule has 1 aromatic carbocycles. The van der Waals surface area contributed by atoms with Gasteiger partial charge in [0.2, 0.25) is 0 Å². The molecule has 5 nitrogen and oxygen atoms in total. The zero-order valence-electron chi connectivity index (χ0n) is 8.98. The fourth-order valence-electron chi connectivity index (χ4n) is 1.65. The van der Waals surface area contributed by atoms with Gasteiger partial charge in [-0.1, -0.05) is 0 Å². The first-order valence-corrected chi connectivity index (χ1v) is 5.07. The summed E-state index contributed by atoms with van der Waals surface area (Å²) in [6.45, 7) is 0. The lowest BCUT2D eigenvalue weighted by molar-refractivity contribution is 0.602. The van der Waals surface area contributed by atoms with E-state index in [2.05, 4.69) is 19.9 Å². The third-order valence-electron chi connectivity index (χ3n) is 2.50. The second-order valence-electron chi connectivity index (χ2n) is 3.67. The maximum atomic E-state index is 13.6. The van der Waals surface area contributed by atoms with Crippen molar-refractivity contribution in [3.8, 4) is 11.4 Å². The summed E-state index contributed by atoms with van der Waals surface area (Å²) < 4.78 is 26.7. The molecule has 0 saturated carbocycles. The van der Waals surface area contributed by atoms with Gasteiger partial charge < -0.3 is 10.7 Å². The van der Waals surface area contributed by atoms with E-state index in [0.717, 1.165) is 18.2 Å². The van der Waals surface area contributed by atoms with Gasteiger partial charge in [0, 0.05) is 0 Å². The lowest BCUT2D eigenvalue weighted by Gasteiger charge is -1.98. The SMILES string of the molecule is Nc1ncnc2nc(-c3cc(F)ccc3F)[nH]c12. The van der Waals surface area contributed by atoms with Crippen molar-refractivity contribution >= 4 is 17.0 Å². The lowest BCUT2D eigenvalue weighted by Crippen LogP contribution is -1.91. The van der Waals surface area contributed by atoms with Crippen LogP contribution in [-0.2, 0) is 0 Å². The molecular formula is C11H7F2N5. The summed E-state index contributed by atoms with van der Waals surface area (Å²) in [6, 6.07) is 3.12. The van der Waals surface area contributed by atoms with Crippen molar-refractivity contribution in [2.75, 3.05) is 5.73 Å². The maximum absolute atomic E-state index is 13.6. The van der Waals surface area contributed by atoms with Gasteiger partial charge in [0.15, 0.2) is 11.5 Å². The average Bonchev–Trinajstić information content (AvgIpc) is 2.77. The highest BCUT2D eigenvalue weighted by atomic mass is 19.1. The molecule has 3 aromatic rings. The predicted octanol–water partition coefficient (Wildman–Crippen LogP) is 1.88. The molecule has 0 bridgehead atoms. The molecule has 0 saturated heterocycles. The number of nitrogens with one attached hydrogen (secondary N) is 1.